The molecule has 1 aromatic carbocycles. The van der Waals surface area contributed by atoms with Crippen LogP contribution >= 0.6 is 22.6 Å². The van der Waals surface area contributed by atoms with E-state index in [1.807, 2.05) is 22.6 Å². The molecule has 0 amide bonds. The van der Waals surface area contributed by atoms with Crippen molar-refractivity contribution in [3.63, 3.8) is 0 Å². The molecule has 0 saturated heterocycles. The van der Waals surface area contributed by atoms with Crippen molar-refractivity contribution >= 4 is 28.7 Å². The number of hydrogen-bond donors (Lipinski definition) is 0. The average molecular weight is 314 g/mol. The molecule has 0 bridgehead atoms. The fourth-order valence-corrected chi connectivity index (χ4v) is 1.43. The molecule has 14 heavy (non-hydrogen) atoms. The Labute approximate surface area is 92.7 Å². The van der Waals surface area contributed by atoms with E-state index in [0.717, 1.165) is 3.57 Å². The third-order valence-electron chi connectivity index (χ3n) is 1.42. The minimum absolute atomic E-state index is 0.229. The van der Waals surface area contributed by atoms with Crippen LogP contribution in [-0.4, -0.2) is 6.36 Å². The Morgan fingerprint density at radius 2 is 2.00 bits per heavy atom. The lowest BCUT2D eigenvalue weighted by molar-refractivity contribution is -0.274. The maximum absolute atomic E-state index is 11.8. The van der Waals surface area contributed by atoms with Crippen LogP contribution in [0.2, 0.25) is 0 Å². The Morgan fingerprint density at radius 3 is 2.50 bits per heavy atom. The van der Waals surface area contributed by atoms with Crippen molar-refractivity contribution in [3.8, 4) is 5.75 Å². The van der Waals surface area contributed by atoms with E-state index in [9.17, 15) is 13.2 Å². The van der Waals surface area contributed by atoms with Gasteiger partial charge in [0, 0.05) is 3.57 Å². The molecule has 5 heteroatoms. The van der Waals surface area contributed by atoms with Crippen molar-refractivity contribution < 1.29 is 17.9 Å². The van der Waals surface area contributed by atoms with E-state index in [4.69, 9.17) is 0 Å². The van der Waals surface area contributed by atoms with Crippen molar-refractivity contribution in [1.29, 1.82) is 0 Å². The minimum Gasteiger partial charge on any atom is -0.406 e. The molecule has 1 aromatic rings. The van der Waals surface area contributed by atoms with Crippen LogP contribution in [0.5, 0.6) is 5.75 Å². The Balaban J connectivity index is 2.95. The van der Waals surface area contributed by atoms with Gasteiger partial charge in [-0.05, 0) is 46.4 Å². The van der Waals surface area contributed by atoms with Crippen LogP contribution in [0, 0.1) is 3.57 Å². The summed E-state index contributed by atoms with van der Waals surface area (Å²) in [5.74, 6) is -0.229. The Morgan fingerprint density at radius 1 is 1.36 bits per heavy atom. The topological polar surface area (TPSA) is 9.23 Å². The zero-order chi connectivity index (χ0) is 10.8. The Bertz CT molecular complexity index is 346. The highest BCUT2D eigenvalue weighted by Gasteiger charge is 2.31. The number of rotatable bonds is 2. The van der Waals surface area contributed by atoms with E-state index in [2.05, 4.69) is 11.3 Å². The average Bonchev–Trinajstić information content (AvgIpc) is 2.06. The maximum Gasteiger partial charge on any atom is 0.573 e. The Kier molecular flexibility index (Phi) is 3.41. The number of alkyl halides is 3. The smallest absolute Gasteiger partial charge is 0.406 e. The molecular weight excluding hydrogens is 308 g/mol. The van der Waals surface area contributed by atoms with Crippen LogP contribution in [0.4, 0.5) is 13.2 Å². The molecule has 0 unspecified atom stereocenters. The van der Waals surface area contributed by atoms with Crippen molar-refractivity contribution in [3.05, 3.63) is 33.9 Å². The molecule has 0 heterocycles. The molecular formula is C9H6F3IO. The highest BCUT2D eigenvalue weighted by atomic mass is 127. The van der Waals surface area contributed by atoms with Gasteiger partial charge in [-0.1, -0.05) is 12.7 Å². The first-order valence-corrected chi connectivity index (χ1v) is 4.68. The van der Waals surface area contributed by atoms with Gasteiger partial charge >= 0.3 is 6.36 Å². The minimum atomic E-state index is -4.65. The SMILES string of the molecule is C=Cc1cc(OC(F)(F)F)ccc1I. The molecule has 0 radical (unpaired) electrons. The highest BCUT2D eigenvalue weighted by Crippen LogP contribution is 2.26. The molecule has 0 atom stereocenters. The van der Waals surface area contributed by atoms with Gasteiger partial charge in [-0.25, -0.2) is 0 Å². The summed E-state index contributed by atoms with van der Waals surface area (Å²) in [6.07, 6.45) is -3.17. The van der Waals surface area contributed by atoms with Crippen LogP contribution < -0.4 is 4.74 Å². The molecule has 76 valence electrons. The predicted molar refractivity (Wildman–Crippen MR) is 55.9 cm³/mol. The fraction of sp³-hybridized carbons (Fsp3) is 0.111. The monoisotopic (exact) mass is 314 g/mol. The van der Waals surface area contributed by atoms with E-state index >= 15 is 0 Å². The van der Waals surface area contributed by atoms with Gasteiger partial charge in [-0.15, -0.1) is 13.2 Å². The summed E-state index contributed by atoms with van der Waals surface area (Å²) in [6.45, 7) is 3.49. The van der Waals surface area contributed by atoms with Crippen molar-refractivity contribution in [2.75, 3.05) is 0 Å². The largest absolute Gasteiger partial charge is 0.573 e. The first-order valence-electron chi connectivity index (χ1n) is 3.60. The molecule has 0 spiro atoms. The van der Waals surface area contributed by atoms with Gasteiger partial charge < -0.3 is 4.74 Å². The van der Waals surface area contributed by atoms with Crippen molar-refractivity contribution in [2.45, 2.75) is 6.36 Å². The zero-order valence-corrected chi connectivity index (χ0v) is 9.09. The van der Waals surface area contributed by atoms with Crippen LogP contribution in [0.15, 0.2) is 24.8 Å². The van der Waals surface area contributed by atoms with Crippen LogP contribution in [0.25, 0.3) is 6.08 Å². The van der Waals surface area contributed by atoms with Gasteiger partial charge in [0.1, 0.15) is 5.75 Å². The maximum atomic E-state index is 11.8. The van der Waals surface area contributed by atoms with E-state index in [1.54, 1.807) is 6.07 Å². The number of benzene rings is 1. The van der Waals surface area contributed by atoms with E-state index in [1.165, 1.54) is 18.2 Å². The summed E-state index contributed by atoms with van der Waals surface area (Å²) < 4.78 is 40.1. The third-order valence-corrected chi connectivity index (χ3v) is 2.40. The summed E-state index contributed by atoms with van der Waals surface area (Å²) in [5, 5.41) is 0. The van der Waals surface area contributed by atoms with Crippen LogP contribution in [-0.2, 0) is 0 Å². The molecule has 0 aliphatic carbocycles. The second-order valence-electron chi connectivity index (χ2n) is 2.44. The number of halogens is 4. The number of hydrogen-bond acceptors (Lipinski definition) is 1. The molecule has 1 rings (SSSR count). The molecule has 0 aliphatic rings. The molecule has 0 saturated carbocycles. The summed E-state index contributed by atoms with van der Waals surface area (Å²) in [4.78, 5) is 0. The quantitative estimate of drug-likeness (QED) is 0.754. The summed E-state index contributed by atoms with van der Waals surface area (Å²) in [5.41, 5.74) is 0.618. The van der Waals surface area contributed by atoms with Crippen molar-refractivity contribution in [2.24, 2.45) is 0 Å². The first kappa shape index (κ1) is 11.4. The lowest BCUT2D eigenvalue weighted by Gasteiger charge is -2.09. The molecule has 0 N–H and O–H groups in total. The van der Waals surface area contributed by atoms with E-state index in [0.29, 0.717) is 5.56 Å². The number of ether oxygens (including phenoxy) is 1. The van der Waals surface area contributed by atoms with Crippen LogP contribution in [0.1, 0.15) is 5.56 Å². The molecule has 0 aromatic heterocycles. The standard InChI is InChI=1S/C9H6F3IO/c1-2-6-5-7(3-4-8(6)13)14-9(10,11)12/h2-5H,1H2. The van der Waals surface area contributed by atoms with Gasteiger partial charge in [-0.2, -0.15) is 0 Å². The van der Waals surface area contributed by atoms with Gasteiger partial charge in [0.2, 0.25) is 0 Å². The lowest BCUT2D eigenvalue weighted by Crippen LogP contribution is -2.17. The second kappa shape index (κ2) is 4.20. The first-order chi connectivity index (χ1) is 6.42. The van der Waals surface area contributed by atoms with Crippen molar-refractivity contribution in [1.82, 2.24) is 0 Å². The van der Waals surface area contributed by atoms with Crippen LogP contribution in [0.3, 0.4) is 0 Å². The predicted octanol–water partition coefficient (Wildman–Crippen LogP) is 3.83. The lowest BCUT2D eigenvalue weighted by atomic mass is 10.2. The highest BCUT2D eigenvalue weighted by molar-refractivity contribution is 14.1. The molecule has 0 fully saturated rings. The molecule has 1 nitrogen and oxygen atoms in total. The second-order valence-corrected chi connectivity index (χ2v) is 3.60. The summed E-state index contributed by atoms with van der Waals surface area (Å²) >= 11 is 2.01. The third kappa shape index (κ3) is 3.21. The summed E-state index contributed by atoms with van der Waals surface area (Å²) in [6, 6.07) is 4.10. The van der Waals surface area contributed by atoms with E-state index in [-0.39, 0.29) is 5.75 Å². The van der Waals surface area contributed by atoms with Gasteiger partial charge in [-0.3, -0.25) is 0 Å². The normalized spacial score (nSPS) is 11.1. The zero-order valence-electron chi connectivity index (χ0n) is 6.94. The molecule has 0 aliphatic heterocycles. The fourth-order valence-electron chi connectivity index (χ4n) is 0.875. The van der Waals surface area contributed by atoms with Gasteiger partial charge in [0.25, 0.3) is 0 Å². The van der Waals surface area contributed by atoms with Gasteiger partial charge in [0.15, 0.2) is 0 Å². The van der Waals surface area contributed by atoms with E-state index < -0.39 is 6.36 Å². The Hall–Kier alpha value is -0.720. The van der Waals surface area contributed by atoms with Gasteiger partial charge in [0.05, 0.1) is 0 Å². The summed E-state index contributed by atoms with van der Waals surface area (Å²) in [7, 11) is 0.